The number of anilines is 1. The van der Waals surface area contributed by atoms with Crippen LogP contribution in [-0.2, 0) is 9.59 Å². The lowest BCUT2D eigenvalue weighted by Crippen LogP contribution is -2.36. The summed E-state index contributed by atoms with van der Waals surface area (Å²) < 4.78 is 0. The van der Waals surface area contributed by atoms with Crippen molar-refractivity contribution in [1.82, 2.24) is 5.32 Å². The number of benzene rings is 1. The summed E-state index contributed by atoms with van der Waals surface area (Å²) in [6.45, 7) is 8.64. The Kier molecular flexibility index (Phi) is 7.23. The zero-order valence-electron chi connectivity index (χ0n) is 14.5. The molecule has 0 spiro atoms. The number of hydrogen-bond donors (Lipinski definition) is 3. The van der Waals surface area contributed by atoms with Crippen LogP contribution in [0.3, 0.4) is 0 Å². The Morgan fingerprint density at radius 1 is 1.13 bits per heavy atom. The molecule has 5 nitrogen and oxygen atoms in total. The van der Waals surface area contributed by atoms with Gasteiger partial charge in [0.1, 0.15) is 0 Å². The number of carbonyl (C=O) groups excluding carboxylic acids is 2. The molecule has 0 bridgehead atoms. The molecule has 0 radical (unpaired) electrons. The number of aliphatic hydroxyl groups is 1. The highest BCUT2D eigenvalue weighted by Gasteiger charge is 2.17. The minimum Gasteiger partial charge on any atom is -0.396 e. The van der Waals surface area contributed by atoms with Crippen molar-refractivity contribution >= 4 is 17.5 Å². The van der Waals surface area contributed by atoms with E-state index in [-0.39, 0.29) is 12.0 Å². The molecule has 1 aromatic carbocycles. The third kappa shape index (κ3) is 6.82. The van der Waals surface area contributed by atoms with Crippen LogP contribution in [0.5, 0.6) is 0 Å². The summed E-state index contributed by atoms with van der Waals surface area (Å²) in [6.07, 6.45) is 1.50. The van der Waals surface area contributed by atoms with Crippen molar-refractivity contribution in [2.24, 2.45) is 5.41 Å². The quantitative estimate of drug-likeness (QED) is 0.534. The van der Waals surface area contributed by atoms with Gasteiger partial charge in [-0.3, -0.25) is 9.59 Å². The first kappa shape index (κ1) is 19.2. The maximum Gasteiger partial charge on any atom is 0.313 e. The van der Waals surface area contributed by atoms with E-state index in [1.54, 1.807) is 12.1 Å². The Morgan fingerprint density at radius 3 is 2.26 bits per heavy atom. The molecule has 0 atom stereocenters. The average molecular weight is 320 g/mol. The van der Waals surface area contributed by atoms with Crippen LogP contribution >= 0.6 is 0 Å². The van der Waals surface area contributed by atoms with Crippen molar-refractivity contribution in [2.45, 2.75) is 46.5 Å². The van der Waals surface area contributed by atoms with Gasteiger partial charge >= 0.3 is 11.8 Å². The van der Waals surface area contributed by atoms with E-state index in [0.29, 0.717) is 18.2 Å². The molecule has 1 rings (SSSR count). The van der Waals surface area contributed by atoms with Crippen LogP contribution in [0.1, 0.15) is 52.0 Å². The summed E-state index contributed by atoms with van der Waals surface area (Å²) in [5.74, 6) is -0.880. The molecule has 1 aromatic rings. The highest BCUT2D eigenvalue weighted by molar-refractivity contribution is 6.39. The smallest absolute Gasteiger partial charge is 0.313 e. The molecule has 0 aliphatic rings. The Morgan fingerprint density at radius 2 is 1.74 bits per heavy atom. The molecule has 3 N–H and O–H groups in total. The van der Waals surface area contributed by atoms with Crippen LogP contribution in [0.15, 0.2) is 24.3 Å². The first-order chi connectivity index (χ1) is 10.7. The van der Waals surface area contributed by atoms with Crippen molar-refractivity contribution in [3.63, 3.8) is 0 Å². The summed E-state index contributed by atoms with van der Waals surface area (Å²) in [6, 6.07) is 7.47. The predicted octanol–water partition coefficient (Wildman–Crippen LogP) is 2.66. The number of hydrogen-bond acceptors (Lipinski definition) is 3. The molecule has 0 fully saturated rings. The molecule has 0 heterocycles. The monoisotopic (exact) mass is 320 g/mol. The van der Waals surface area contributed by atoms with E-state index >= 15 is 0 Å². The number of rotatable bonds is 7. The first-order valence-corrected chi connectivity index (χ1v) is 8.05. The average Bonchev–Trinajstić information content (AvgIpc) is 2.51. The largest absolute Gasteiger partial charge is 0.396 e. The number of aliphatic hydroxyl groups excluding tert-OH is 1. The molecule has 0 unspecified atom stereocenters. The molecular formula is C18H28N2O3. The van der Waals surface area contributed by atoms with Gasteiger partial charge < -0.3 is 15.7 Å². The Labute approximate surface area is 138 Å². The summed E-state index contributed by atoms with van der Waals surface area (Å²) in [7, 11) is 0. The van der Waals surface area contributed by atoms with Gasteiger partial charge in [0.25, 0.3) is 0 Å². The topological polar surface area (TPSA) is 78.4 Å². The van der Waals surface area contributed by atoms with Gasteiger partial charge in [-0.25, -0.2) is 0 Å². The summed E-state index contributed by atoms with van der Waals surface area (Å²) in [4.78, 5) is 23.6. The van der Waals surface area contributed by atoms with Gasteiger partial charge in [-0.2, -0.15) is 0 Å². The Balaban J connectivity index is 2.38. The van der Waals surface area contributed by atoms with Crippen LogP contribution in [0.4, 0.5) is 5.69 Å². The molecule has 128 valence electrons. The third-order valence-corrected chi connectivity index (χ3v) is 3.79. The van der Waals surface area contributed by atoms with Crippen molar-refractivity contribution < 1.29 is 14.7 Å². The van der Waals surface area contributed by atoms with E-state index < -0.39 is 11.8 Å². The fourth-order valence-corrected chi connectivity index (χ4v) is 2.07. The van der Waals surface area contributed by atoms with Gasteiger partial charge in [-0.1, -0.05) is 39.8 Å². The third-order valence-electron chi connectivity index (χ3n) is 3.79. The lowest BCUT2D eigenvalue weighted by molar-refractivity contribution is -0.136. The number of nitrogens with one attached hydrogen (secondary N) is 2. The van der Waals surface area contributed by atoms with E-state index in [1.165, 1.54) is 5.56 Å². The van der Waals surface area contributed by atoms with Gasteiger partial charge in [0, 0.05) is 18.8 Å². The van der Waals surface area contributed by atoms with Crippen molar-refractivity contribution in [3.05, 3.63) is 29.8 Å². The number of amides is 2. The van der Waals surface area contributed by atoms with E-state index in [0.717, 1.165) is 12.8 Å². The van der Waals surface area contributed by atoms with Crippen LogP contribution in [0.2, 0.25) is 0 Å². The molecule has 0 aliphatic heterocycles. The van der Waals surface area contributed by atoms with Crippen LogP contribution in [0, 0.1) is 5.41 Å². The highest BCUT2D eigenvalue weighted by Crippen LogP contribution is 2.20. The van der Waals surface area contributed by atoms with Crippen molar-refractivity contribution in [2.75, 3.05) is 18.5 Å². The van der Waals surface area contributed by atoms with Crippen LogP contribution in [-0.4, -0.2) is 30.1 Å². The maximum atomic E-state index is 11.8. The van der Waals surface area contributed by atoms with E-state index in [1.807, 2.05) is 26.0 Å². The minimum atomic E-state index is -0.663. The highest BCUT2D eigenvalue weighted by atomic mass is 16.3. The second-order valence-electron chi connectivity index (χ2n) is 6.91. The molecule has 5 heteroatoms. The SMILES string of the molecule is CC(C)c1ccc(NC(=O)C(=O)NCCCC(C)(C)CO)cc1. The Bertz CT molecular complexity index is 522. The maximum absolute atomic E-state index is 11.8. The Hall–Kier alpha value is -1.88. The van der Waals surface area contributed by atoms with Gasteiger partial charge in [0.2, 0.25) is 0 Å². The van der Waals surface area contributed by atoms with Crippen molar-refractivity contribution in [1.29, 1.82) is 0 Å². The van der Waals surface area contributed by atoms with E-state index in [9.17, 15) is 9.59 Å². The summed E-state index contributed by atoms with van der Waals surface area (Å²) >= 11 is 0. The normalized spacial score (nSPS) is 11.4. The van der Waals surface area contributed by atoms with Crippen LogP contribution in [0.25, 0.3) is 0 Å². The van der Waals surface area contributed by atoms with Crippen molar-refractivity contribution in [3.8, 4) is 0 Å². The molecule has 0 saturated heterocycles. The summed E-state index contributed by atoms with van der Waals surface area (Å²) in [5.41, 5.74) is 1.63. The van der Waals surface area contributed by atoms with Gasteiger partial charge in [-0.05, 0) is 41.9 Å². The lowest BCUT2D eigenvalue weighted by atomic mass is 9.89. The molecule has 0 aliphatic carbocycles. The van der Waals surface area contributed by atoms with Gasteiger partial charge in [0.05, 0.1) is 0 Å². The molecule has 23 heavy (non-hydrogen) atoms. The van der Waals surface area contributed by atoms with Gasteiger partial charge in [-0.15, -0.1) is 0 Å². The fraction of sp³-hybridized carbons (Fsp3) is 0.556. The predicted molar refractivity (Wildman–Crippen MR) is 92.3 cm³/mol. The van der Waals surface area contributed by atoms with Gasteiger partial charge in [0.15, 0.2) is 0 Å². The zero-order chi connectivity index (χ0) is 17.5. The lowest BCUT2D eigenvalue weighted by Gasteiger charge is -2.21. The minimum absolute atomic E-state index is 0.105. The second-order valence-corrected chi connectivity index (χ2v) is 6.91. The van der Waals surface area contributed by atoms with Crippen LogP contribution < -0.4 is 10.6 Å². The number of carbonyl (C=O) groups is 2. The van der Waals surface area contributed by atoms with E-state index in [4.69, 9.17) is 5.11 Å². The first-order valence-electron chi connectivity index (χ1n) is 8.05. The molecular weight excluding hydrogens is 292 g/mol. The molecule has 0 saturated carbocycles. The zero-order valence-corrected chi connectivity index (χ0v) is 14.5. The van der Waals surface area contributed by atoms with E-state index in [2.05, 4.69) is 24.5 Å². The summed E-state index contributed by atoms with van der Waals surface area (Å²) in [5, 5.41) is 14.3. The molecule has 2 amide bonds. The fourth-order valence-electron chi connectivity index (χ4n) is 2.07. The second kappa shape index (κ2) is 8.67. The molecule has 0 aromatic heterocycles. The standard InChI is InChI=1S/C18H28N2O3/c1-13(2)14-6-8-15(9-7-14)20-17(23)16(22)19-11-5-10-18(3,4)12-21/h6-9,13,21H,5,10-12H2,1-4H3,(H,19,22)(H,20,23).